The fourth-order valence-corrected chi connectivity index (χ4v) is 6.99. The van der Waals surface area contributed by atoms with Gasteiger partial charge in [0.15, 0.2) is 5.78 Å². The van der Waals surface area contributed by atoms with Gasteiger partial charge >= 0.3 is 0 Å². The number of hydrogen-bond acceptors (Lipinski definition) is 2. The Morgan fingerprint density at radius 3 is 2.36 bits per heavy atom. The third-order valence-electron chi connectivity index (χ3n) is 8.27. The Balaban J connectivity index is 1.77. The molecule has 0 aromatic heterocycles. The molecule has 0 saturated heterocycles. The number of ketones is 2. The Labute approximate surface area is 133 Å². The summed E-state index contributed by atoms with van der Waals surface area (Å²) in [6.07, 6.45) is 10.1. The van der Waals surface area contributed by atoms with E-state index in [4.69, 9.17) is 0 Å². The van der Waals surface area contributed by atoms with Crippen LogP contribution in [0.3, 0.4) is 0 Å². The highest BCUT2D eigenvalue weighted by Gasteiger charge is 2.64. The van der Waals surface area contributed by atoms with Crippen LogP contribution < -0.4 is 0 Å². The van der Waals surface area contributed by atoms with E-state index in [9.17, 15) is 9.59 Å². The molecule has 22 heavy (non-hydrogen) atoms. The van der Waals surface area contributed by atoms with Crippen molar-refractivity contribution in [2.45, 2.75) is 72.1 Å². The molecular formula is C20H28O2. The van der Waals surface area contributed by atoms with Crippen molar-refractivity contribution in [2.24, 2.45) is 28.1 Å². The van der Waals surface area contributed by atoms with Crippen molar-refractivity contribution in [2.75, 3.05) is 0 Å². The smallest absolute Gasteiger partial charge is 0.155 e. The largest absolute Gasteiger partial charge is 0.299 e. The average molecular weight is 300 g/mol. The van der Waals surface area contributed by atoms with Crippen molar-refractivity contribution >= 4 is 11.6 Å². The normalized spacial score (nSPS) is 51.0. The first-order chi connectivity index (χ1) is 10.3. The first kappa shape index (κ1) is 14.7. The van der Waals surface area contributed by atoms with E-state index in [2.05, 4.69) is 20.8 Å². The van der Waals surface area contributed by atoms with Crippen LogP contribution in [0, 0.1) is 28.1 Å². The SMILES string of the molecule is C[C@@]12CCC3=CC(=O)CC[C@]3(C)[C@H]1CC[C@]1(C)C(=O)CC[C@@H]21. The van der Waals surface area contributed by atoms with E-state index in [0.29, 0.717) is 29.8 Å². The summed E-state index contributed by atoms with van der Waals surface area (Å²) < 4.78 is 0. The fraction of sp³-hybridized carbons (Fsp3) is 0.800. The molecule has 0 radical (unpaired) electrons. The highest BCUT2D eigenvalue weighted by Crippen LogP contribution is 2.69. The minimum absolute atomic E-state index is 0.0622. The van der Waals surface area contributed by atoms with E-state index in [1.165, 1.54) is 12.0 Å². The summed E-state index contributed by atoms with van der Waals surface area (Å²) >= 11 is 0. The van der Waals surface area contributed by atoms with Crippen molar-refractivity contribution in [1.29, 1.82) is 0 Å². The Morgan fingerprint density at radius 1 is 0.864 bits per heavy atom. The summed E-state index contributed by atoms with van der Waals surface area (Å²) in [5.74, 6) is 2.05. The first-order valence-corrected chi connectivity index (χ1v) is 9.08. The molecule has 0 aliphatic heterocycles. The molecular weight excluding hydrogens is 272 g/mol. The number of hydrogen-bond donors (Lipinski definition) is 0. The van der Waals surface area contributed by atoms with Crippen molar-refractivity contribution in [3.63, 3.8) is 0 Å². The van der Waals surface area contributed by atoms with Gasteiger partial charge in [-0.15, -0.1) is 0 Å². The lowest BCUT2D eigenvalue weighted by Gasteiger charge is -2.62. The van der Waals surface area contributed by atoms with E-state index in [0.717, 1.165) is 38.5 Å². The molecule has 4 aliphatic carbocycles. The highest BCUT2D eigenvalue weighted by molar-refractivity contribution is 5.91. The van der Waals surface area contributed by atoms with Gasteiger partial charge in [0.2, 0.25) is 0 Å². The van der Waals surface area contributed by atoms with Gasteiger partial charge in [0, 0.05) is 18.3 Å². The first-order valence-electron chi connectivity index (χ1n) is 9.08. The number of carbonyl (C=O) groups is 2. The number of allylic oxidation sites excluding steroid dienone is 1. The molecule has 3 fully saturated rings. The topological polar surface area (TPSA) is 34.1 Å². The summed E-state index contributed by atoms with van der Waals surface area (Å²) in [5, 5.41) is 0. The number of carbonyl (C=O) groups excluding carboxylic acids is 2. The van der Waals surface area contributed by atoms with Crippen molar-refractivity contribution < 1.29 is 9.59 Å². The van der Waals surface area contributed by atoms with Crippen molar-refractivity contribution in [1.82, 2.24) is 0 Å². The minimum Gasteiger partial charge on any atom is -0.299 e. The van der Waals surface area contributed by atoms with Crippen LogP contribution in [-0.4, -0.2) is 11.6 Å². The van der Waals surface area contributed by atoms with E-state index in [-0.39, 0.29) is 16.2 Å². The molecule has 3 saturated carbocycles. The highest BCUT2D eigenvalue weighted by atomic mass is 16.1. The van der Waals surface area contributed by atoms with Crippen LogP contribution in [0.1, 0.15) is 72.1 Å². The Bertz CT molecular complexity index is 589. The van der Waals surface area contributed by atoms with Crippen LogP contribution in [0.5, 0.6) is 0 Å². The molecule has 120 valence electrons. The zero-order valence-corrected chi connectivity index (χ0v) is 14.2. The van der Waals surface area contributed by atoms with Crippen LogP contribution in [0.2, 0.25) is 0 Å². The lowest BCUT2D eigenvalue weighted by molar-refractivity contribution is -0.142. The number of fused-ring (bicyclic) bond motifs is 5. The standard InChI is InChI=1S/C20H28O2/c1-18-10-7-14(21)12-13(18)6-9-19(2)15-4-5-17(22)20(15,3)11-8-16(18)19/h12,15-16H,4-11H2,1-3H3/t15-,16+,18-,19-,20-/m0/s1. The summed E-state index contributed by atoms with van der Waals surface area (Å²) in [6, 6.07) is 0. The average Bonchev–Trinajstić information content (AvgIpc) is 2.77. The molecule has 4 rings (SSSR count). The lowest BCUT2D eigenvalue weighted by atomic mass is 9.41. The Hall–Kier alpha value is -0.920. The molecule has 2 nitrogen and oxygen atoms in total. The zero-order chi connectivity index (χ0) is 15.8. The van der Waals surface area contributed by atoms with Crippen LogP contribution in [0.25, 0.3) is 0 Å². The Morgan fingerprint density at radius 2 is 1.59 bits per heavy atom. The molecule has 0 N–H and O–H groups in total. The quantitative estimate of drug-likeness (QED) is 0.661. The van der Waals surface area contributed by atoms with Crippen LogP contribution in [-0.2, 0) is 9.59 Å². The molecule has 0 heterocycles. The van der Waals surface area contributed by atoms with Crippen LogP contribution in [0.4, 0.5) is 0 Å². The molecule has 0 bridgehead atoms. The second-order valence-electron chi connectivity index (χ2n) is 9.08. The Kier molecular flexibility index (Phi) is 2.89. The van der Waals surface area contributed by atoms with Crippen LogP contribution in [0.15, 0.2) is 11.6 Å². The van der Waals surface area contributed by atoms with Gasteiger partial charge in [-0.2, -0.15) is 0 Å². The second kappa shape index (κ2) is 4.33. The zero-order valence-electron chi connectivity index (χ0n) is 14.2. The van der Waals surface area contributed by atoms with E-state index in [1.807, 2.05) is 6.08 Å². The third kappa shape index (κ3) is 1.62. The maximum absolute atomic E-state index is 12.5. The molecule has 0 aromatic carbocycles. The number of Topliss-reactive ketones (excluding diaryl/α,β-unsaturated/α-hetero) is 1. The third-order valence-corrected chi connectivity index (χ3v) is 8.27. The predicted molar refractivity (Wildman–Crippen MR) is 86.3 cm³/mol. The summed E-state index contributed by atoms with van der Waals surface area (Å²) in [4.78, 5) is 24.4. The molecule has 0 aromatic rings. The van der Waals surface area contributed by atoms with Gasteiger partial charge in [-0.1, -0.05) is 26.3 Å². The summed E-state index contributed by atoms with van der Waals surface area (Å²) in [6.45, 7) is 7.12. The molecule has 0 amide bonds. The van der Waals surface area contributed by atoms with E-state index in [1.54, 1.807) is 0 Å². The maximum Gasteiger partial charge on any atom is 0.155 e. The van der Waals surface area contributed by atoms with Gasteiger partial charge < -0.3 is 0 Å². The van der Waals surface area contributed by atoms with Gasteiger partial charge in [0.05, 0.1) is 0 Å². The van der Waals surface area contributed by atoms with Gasteiger partial charge in [-0.05, 0) is 67.3 Å². The molecule has 2 heteroatoms. The summed E-state index contributed by atoms with van der Waals surface area (Å²) in [5.41, 5.74) is 1.84. The molecule has 0 unspecified atom stereocenters. The van der Waals surface area contributed by atoms with Gasteiger partial charge in [0.1, 0.15) is 5.78 Å². The fourth-order valence-electron chi connectivity index (χ4n) is 6.99. The van der Waals surface area contributed by atoms with E-state index < -0.39 is 0 Å². The molecule has 4 aliphatic rings. The second-order valence-corrected chi connectivity index (χ2v) is 9.08. The number of rotatable bonds is 0. The molecule has 5 atom stereocenters. The maximum atomic E-state index is 12.5. The van der Waals surface area contributed by atoms with Gasteiger partial charge in [-0.3, -0.25) is 9.59 Å². The molecule has 0 spiro atoms. The van der Waals surface area contributed by atoms with E-state index >= 15 is 0 Å². The van der Waals surface area contributed by atoms with Crippen molar-refractivity contribution in [3.05, 3.63) is 11.6 Å². The monoisotopic (exact) mass is 300 g/mol. The van der Waals surface area contributed by atoms with Gasteiger partial charge in [0.25, 0.3) is 0 Å². The predicted octanol–water partition coefficient (Wildman–Crippen LogP) is 4.48. The van der Waals surface area contributed by atoms with Crippen molar-refractivity contribution in [3.8, 4) is 0 Å². The summed E-state index contributed by atoms with van der Waals surface area (Å²) in [7, 11) is 0. The lowest BCUT2D eigenvalue weighted by Crippen LogP contribution is -2.56. The van der Waals surface area contributed by atoms with Crippen LogP contribution >= 0.6 is 0 Å². The van der Waals surface area contributed by atoms with Gasteiger partial charge in [-0.25, -0.2) is 0 Å². The minimum atomic E-state index is -0.0622.